The van der Waals surface area contributed by atoms with Gasteiger partial charge < -0.3 is 9.53 Å². The molecule has 208 valence electrons. The highest BCUT2D eigenvalue weighted by atomic mass is 35.5. The van der Waals surface area contributed by atoms with Crippen molar-refractivity contribution >= 4 is 17.9 Å². The lowest BCUT2D eigenvalue weighted by atomic mass is 9.82. The Balaban J connectivity index is 1.67. The number of carbonyl (C=O) groups is 1. The first-order valence-corrected chi connectivity index (χ1v) is 13.5. The number of nitrogens with zero attached hydrogens (tertiary/aromatic N) is 1. The zero-order valence-corrected chi connectivity index (χ0v) is 23.0. The average molecular weight is 566 g/mol. The van der Waals surface area contributed by atoms with E-state index in [1.54, 1.807) is 6.07 Å². The van der Waals surface area contributed by atoms with Crippen molar-refractivity contribution in [2.45, 2.75) is 38.0 Å². The molecule has 40 heavy (non-hydrogen) atoms. The van der Waals surface area contributed by atoms with Crippen molar-refractivity contribution in [2.75, 3.05) is 13.2 Å². The van der Waals surface area contributed by atoms with Crippen LogP contribution in [0.2, 0.25) is 5.02 Å². The number of ether oxygens (including phenoxy) is 1. The number of halogens is 4. The zero-order valence-electron chi connectivity index (χ0n) is 22.2. The molecule has 0 saturated carbocycles. The molecule has 4 rings (SSSR count). The molecule has 0 aliphatic rings. The maximum atomic E-state index is 13.7. The van der Waals surface area contributed by atoms with Crippen LogP contribution >= 0.6 is 11.6 Å². The molecular formula is C33H31ClF3NO2. The third-order valence-electron chi connectivity index (χ3n) is 7.11. The highest BCUT2D eigenvalue weighted by Gasteiger charge is 2.37. The van der Waals surface area contributed by atoms with Gasteiger partial charge in [-0.2, -0.15) is 13.2 Å². The van der Waals surface area contributed by atoms with Gasteiger partial charge in [-0.3, -0.25) is 4.90 Å². The normalized spacial score (nSPS) is 11.9. The molecule has 0 atom stereocenters. The van der Waals surface area contributed by atoms with Crippen LogP contribution in [0.25, 0.3) is 0 Å². The van der Waals surface area contributed by atoms with Gasteiger partial charge in [-0.15, -0.1) is 0 Å². The molecule has 0 heterocycles. The van der Waals surface area contributed by atoms with Crippen LogP contribution in [0.5, 0.6) is 5.75 Å². The minimum atomic E-state index is -4.55. The molecule has 0 saturated heterocycles. The summed E-state index contributed by atoms with van der Waals surface area (Å²) < 4.78 is 47.0. The van der Waals surface area contributed by atoms with Gasteiger partial charge >= 0.3 is 6.18 Å². The number of benzene rings is 4. The number of alkyl halides is 3. The molecule has 0 amide bonds. The van der Waals surface area contributed by atoms with Crippen LogP contribution in [0.1, 0.15) is 41.2 Å². The van der Waals surface area contributed by atoms with Gasteiger partial charge in [-0.25, -0.2) is 0 Å². The summed E-state index contributed by atoms with van der Waals surface area (Å²) in [5.74, 6) is 0.667. The SMILES string of the molecule is CC(c1ccccc1)(c1ccccc1)N(CCCOc1cccc(CC=O)c1)Cc1cccc(C(F)(F)F)c1Cl. The molecule has 4 aromatic carbocycles. The Morgan fingerprint density at radius 3 is 2.08 bits per heavy atom. The Labute approximate surface area is 238 Å². The van der Waals surface area contributed by atoms with E-state index in [0.29, 0.717) is 37.3 Å². The van der Waals surface area contributed by atoms with Crippen LogP contribution in [0.4, 0.5) is 13.2 Å². The van der Waals surface area contributed by atoms with E-state index >= 15 is 0 Å². The lowest BCUT2D eigenvalue weighted by Crippen LogP contribution is -2.45. The summed E-state index contributed by atoms with van der Waals surface area (Å²) in [7, 11) is 0. The van der Waals surface area contributed by atoms with Crippen LogP contribution in [0.3, 0.4) is 0 Å². The number of rotatable bonds is 12. The molecule has 0 fully saturated rings. The van der Waals surface area contributed by atoms with E-state index in [1.807, 2.05) is 84.9 Å². The van der Waals surface area contributed by atoms with Crippen molar-refractivity contribution in [3.8, 4) is 5.75 Å². The predicted molar refractivity (Wildman–Crippen MR) is 153 cm³/mol. The van der Waals surface area contributed by atoms with Gasteiger partial charge in [0, 0.05) is 19.5 Å². The van der Waals surface area contributed by atoms with E-state index in [9.17, 15) is 18.0 Å². The summed E-state index contributed by atoms with van der Waals surface area (Å²) in [6.07, 6.45) is -2.78. The second-order valence-electron chi connectivity index (χ2n) is 9.72. The standard InChI is InChI=1S/C33H31ClF3NO2/c1-32(27-13-4-2-5-14-27,28-15-6-3-7-16-28)38(24-26-12-9-18-30(31(26)34)33(35,36)37)20-10-22-40-29-17-8-11-25(23-29)19-21-39/h2-9,11-18,21,23H,10,19-20,22,24H2,1H3. The van der Waals surface area contributed by atoms with Gasteiger partial charge in [-0.05, 0) is 53.8 Å². The molecule has 0 unspecified atom stereocenters. The molecule has 0 spiro atoms. The molecule has 4 aromatic rings. The number of hydrogen-bond donors (Lipinski definition) is 0. The van der Waals surface area contributed by atoms with Crippen molar-refractivity contribution in [3.63, 3.8) is 0 Å². The Hall–Kier alpha value is -3.61. The predicted octanol–water partition coefficient (Wildman–Crippen LogP) is 8.34. The molecule has 3 nitrogen and oxygen atoms in total. The Bertz CT molecular complexity index is 1350. The number of hydrogen-bond acceptors (Lipinski definition) is 3. The fraction of sp³-hybridized carbons (Fsp3) is 0.242. The summed E-state index contributed by atoms with van der Waals surface area (Å²) in [6.45, 7) is 3.18. The van der Waals surface area contributed by atoms with Crippen LogP contribution in [-0.2, 0) is 29.5 Å². The van der Waals surface area contributed by atoms with Gasteiger partial charge in [-0.1, -0.05) is 96.5 Å². The number of aldehydes is 1. The molecule has 0 aliphatic carbocycles. The largest absolute Gasteiger partial charge is 0.494 e. The minimum Gasteiger partial charge on any atom is -0.494 e. The number of carbonyl (C=O) groups excluding carboxylic acids is 1. The Morgan fingerprint density at radius 1 is 0.850 bits per heavy atom. The topological polar surface area (TPSA) is 29.5 Å². The quantitative estimate of drug-likeness (QED) is 0.128. The van der Waals surface area contributed by atoms with E-state index in [4.69, 9.17) is 16.3 Å². The Kier molecular flexibility index (Phi) is 9.67. The summed E-state index contributed by atoms with van der Waals surface area (Å²) in [5, 5.41) is -0.285. The van der Waals surface area contributed by atoms with Gasteiger partial charge in [0.05, 0.1) is 22.7 Å². The lowest BCUT2D eigenvalue weighted by molar-refractivity contribution is -0.137. The van der Waals surface area contributed by atoms with Crippen molar-refractivity contribution in [1.29, 1.82) is 0 Å². The molecule has 7 heteroatoms. The van der Waals surface area contributed by atoms with Crippen LogP contribution in [0, 0.1) is 0 Å². The molecule has 0 aromatic heterocycles. The van der Waals surface area contributed by atoms with Crippen molar-refractivity contribution < 1.29 is 22.7 Å². The van der Waals surface area contributed by atoms with Crippen molar-refractivity contribution in [1.82, 2.24) is 4.90 Å². The summed E-state index contributed by atoms with van der Waals surface area (Å²) in [4.78, 5) is 13.0. The summed E-state index contributed by atoms with van der Waals surface area (Å²) in [6, 6.07) is 31.3. The first kappa shape index (κ1) is 29.4. The van der Waals surface area contributed by atoms with Gasteiger partial charge in [0.2, 0.25) is 0 Å². The van der Waals surface area contributed by atoms with E-state index in [0.717, 1.165) is 29.0 Å². The van der Waals surface area contributed by atoms with E-state index in [1.165, 1.54) is 6.07 Å². The van der Waals surface area contributed by atoms with E-state index < -0.39 is 17.3 Å². The Morgan fingerprint density at radius 2 is 1.48 bits per heavy atom. The van der Waals surface area contributed by atoms with Gasteiger partial charge in [0.15, 0.2) is 0 Å². The third kappa shape index (κ3) is 6.93. The molecule has 0 N–H and O–H groups in total. The zero-order chi connectivity index (χ0) is 28.6. The summed E-state index contributed by atoms with van der Waals surface area (Å²) in [5.41, 5.74) is 1.76. The smallest absolute Gasteiger partial charge is 0.417 e. The highest BCUT2D eigenvalue weighted by Crippen LogP contribution is 2.40. The average Bonchev–Trinajstić information content (AvgIpc) is 2.96. The fourth-order valence-corrected chi connectivity index (χ4v) is 5.24. The second kappa shape index (κ2) is 13.2. The first-order valence-electron chi connectivity index (χ1n) is 13.1. The summed E-state index contributed by atoms with van der Waals surface area (Å²) >= 11 is 6.37. The molecular weight excluding hydrogens is 535 g/mol. The maximum absolute atomic E-state index is 13.7. The highest BCUT2D eigenvalue weighted by molar-refractivity contribution is 6.32. The lowest BCUT2D eigenvalue weighted by Gasteiger charge is -2.43. The molecule has 0 radical (unpaired) electrons. The maximum Gasteiger partial charge on any atom is 0.417 e. The van der Waals surface area contributed by atoms with E-state index in [-0.39, 0.29) is 11.6 Å². The first-order chi connectivity index (χ1) is 19.2. The molecule has 0 bridgehead atoms. The van der Waals surface area contributed by atoms with Gasteiger partial charge in [0.1, 0.15) is 12.0 Å². The second-order valence-corrected chi connectivity index (χ2v) is 10.1. The fourth-order valence-electron chi connectivity index (χ4n) is 4.95. The van der Waals surface area contributed by atoms with Crippen molar-refractivity contribution in [3.05, 3.63) is 136 Å². The van der Waals surface area contributed by atoms with Crippen LogP contribution < -0.4 is 4.74 Å². The van der Waals surface area contributed by atoms with Crippen LogP contribution in [0.15, 0.2) is 103 Å². The van der Waals surface area contributed by atoms with Gasteiger partial charge in [0.25, 0.3) is 0 Å². The van der Waals surface area contributed by atoms with Crippen LogP contribution in [-0.4, -0.2) is 24.3 Å². The van der Waals surface area contributed by atoms with Crippen molar-refractivity contribution in [2.24, 2.45) is 0 Å². The minimum absolute atomic E-state index is 0.192. The monoisotopic (exact) mass is 565 g/mol. The molecule has 0 aliphatic heterocycles. The third-order valence-corrected chi connectivity index (χ3v) is 7.55. The van der Waals surface area contributed by atoms with E-state index in [2.05, 4.69) is 11.8 Å².